The van der Waals surface area contributed by atoms with Crippen molar-refractivity contribution >= 4 is 10.9 Å². The molecule has 2 aromatic rings. The highest BCUT2D eigenvalue weighted by atomic mass is 16.5. The van der Waals surface area contributed by atoms with Gasteiger partial charge in [-0.25, -0.2) is 0 Å². The maximum Gasteiger partial charge on any atom is 0.297 e. The van der Waals surface area contributed by atoms with Crippen molar-refractivity contribution in [3.05, 3.63) is 51.9 Å². The fourth-order valence-corrected chi connectivity index (χ4v) is 3.56. The molecule has 2 rings (SSSR count). The van der Waals surface area contributed by atoms with E-state index in [0.29, 0.717) is 19.0 Å². The van der Waals surface area contributed by atoms with Crippen LogP contribution < -0.4 is 19.8 Å². The molecule has 0 amide bonds. The fourth-order valence-electron chi connectivity index (χ4n) is 3.56. The number of ether oxygens (including phenoxy) is 3. The maximum absolute atomic E-state index is 12.9. The predicted molar refractivity (Wildman–Crippen MR) is 133 cm³/mol. The number of fused-ring (bicyclic) bond motifs is 1. The zero-order chi connectivity index (χ0) is 23.5. The van der Waals surface area contributed by atoms with Gasteiger partial charge < -0.3 is 18.8 Å². The van der Waals surface area contributed by atoms with Crippen molar-refractivity contribution in [2.45, 2.75) is 66.2 Å². The lowest BCUT2D eigenvalue weighted by atomic mass is 10.1. The lowest BCUT2D eigenvalue weighted by molar-refractivity contribution is 0.281. The minimum atomic E-state index is -0.197. The molecule has 0 aliphatic heterocycles. The van der Waals surface area contributed by atoms with E-state index in [1.165, 1.54) is 17.6 Å². The van der Waals surface area contributed by atoms with Gasteiger partial charge in [0, 0.05) is 18.5 Å². The van der Waals surface area contributed by atoms with Gasteiger partial charge in [-0.3, -0.25) is 4.79 Å². The first kappa shape index (κ1) is 25.6. The number of allylic oxidation sites excluding steroid dienone is 3. The van der Waals surface area contributed by atoms with Crippen molar-refractivity contribution in [3.8, 4) is 17.2 Å². The van der Waals surface area contributed by atoms with Crippen LogP contribution in [0, 0.1) is 0 Å². The Morgan fingerprint density at radius 3 is 2.50 bits per heavy atom. The van der Waals surface area contributed by atoms with Crippen LogP contribution in [0.15, 0.2) is 46.3 Å². The molecule has 0 spiro atoms. The Kier molecular flexibility index (Phi) is 10.4. The predicted octanol–water partition coefficient (Wildman–Crippen LogP) is 6.58. The van der Waals surface area contributed by atoms with E-state index in [0.717, 1.165) is 48.8 Å². The minimum Gasteiger partial charge on any atom is -0.492 e. The molecular weight excluding hydrogens is 402 g/mol. The summed E-state index contributed by atoms with van der Waals surface area (Å²) in [6.07, 6.45) is 10.8. The summed E-state index contributed by atoms with van der Waals surface area (Å²) in [5.74, 6) is 1.49. The van der Waals surface area contributed by atoms with Gasteiger partial charge in [-0.1, -0.05) is 43.4 Å². The highest BCUT2D eigenvalue weighted by Crippen LogP contribution is 2.34. The normalized spacial score (nSPS) is 11.5. The molecule has 1 heterocycles. The van der Waals surface area contributed by atoms with E-state index >= 15 is 0 Å². The first-order valence-electron chi connectivity index (χ1n) is 11.6. The molecule has 32 heavy (non-hydrogen) atoms. The van der Waals surface area contributed by atoms with Crippen LogP contribution in [-0.2, 0) is 7.05 Å². The van der Waals surface area contributed by atoms with Gasteiger partial charge in [0.2, 0.25) is 5.75 Å². The third-order valence-corrected chi connectivity index (χ3v) is 5.50. The number of hydrogen-bond donors (Lipinski definition) is 0. The van der Waals surface area contributed by atoms with Crippen molar-refractivity contribution < 1.29 is 14.2 Å². The summed E-state index contributed by atoms with van der Waals surface area (Å²) in [7, 11) is 3.33. The van der Waals surface area contributed by atoms with Crippen LogP contribution in [0.25, 0.3) is 10.9 Å². The topological polar surface area (TPSA) is 49.7 Å². The van der Waals surface area contributed by atoms with Crippen molar-refractivity contribution in [2.75, 3.05) is 20.3 Å². The SMILES string of the molecule is CCCCCCOc1c(OC)c2ccc(OC/C=C(\C)CCC=C(C)C)cc2n(C)c1=O. The maximum atomic E-state index is 12.9. The van der Waals surface area contributed by atoms with E-state index in [1.54, 1.807) is 18.7 Å². The average molecular weight is 442 g/mol. The third-order valence-electron chi connectivity index (χ3n) is 5.50. The zero-order valence-corrected chi connectivity index (χ0v) is 20.6. The number of aromatic nitrogens is 1. The summed E-state index contributed by atoms with van der Waals surface area (Å²) >= 11 is 0. The number of nitrogens with zero attached hydrogens (tertiary/aromatic N) is 1. The Bertz CT molecular complexity index is 997. The molecule has 176 valence electrons. The van der Waals surface area contributed by atoms with E-state index in [2.05, 4.69) is 39.8 Å². The van der Waals surface area contributed by atoms with Crippen LogP contribution in [0.1, 0.15) is 66.2 Å². The smallest absolute Gasteiger partial charge is 0.297 e. The number of methoxy groups -OCH3 is 1. The monoisotopic (exact) mass is 441 g/mol. The Balaban J connectivity index is 2.16. The molecule has 0 saturated heterocycles. The quantitative estimate of drug-likeness (QED) is 0.260. The molecule has 0 atom stereocenters. The van der Waals surface area contributed by atoms with Gasteiger partial charge in [0.25, 0.3) is 5.56 Å². The van der Waals surface area contributed by atoms with E-state index in [9.17, 15) is 4.79 Å². The second kappa shape index (κ2) is 13.0. The van der Waals surface area contributed by atoms with Crippen molar-refractivity contribution in [3.63, 3.8) is 0 Å². The Morgan fingerprint density at radius 2 is 1.81 bits per heavy atom. The third kappa shape index (κ3) is 7.18. The van der Waals surface area contributed by atoms with Gasteiger partial charge in [-0.15, -0.1) is 0 Å². The van der Waals surface area contributed by atoms with Crippen molar-refractivity contribution in [1.29, 1.82) is 0 Å². The van der Waals surface area contributed by atoms with Gasteiger partial charge in [-0.2, -0.15) is 0 Å². The van der Waals surface area contributed by atoms with E-state index in [-0.39, 0.29) is 11.3 Å². The molecule has 0 radical (unpaired) electrons. The van der Waals surface area contributed by atoms with Gasteiger partial charge in [-0.05, 0) is 58.2 Å². The molecule has 5 heteroatoms. The summed E-state index contributed by atoms with van der Waals surface area (Å²) < 4.78 is 19.0. The number of unbranched alkanes of at least 4 members (excludes halogenated alkanes) is 3. The number of benzene rings is 1. The van der Waals surface area contributed by atoms with Gasteiger partial charge in [0.15, 0.2) is 5.75 Å². The molecule has 0 N–H and O–H groups in total. The summed E-state index contributed by atoms with van der Waals surface area (Å²) in [6.45, 7) is 9.54. The lowest BCUT2D eigenvalue weighted by Crippen LogP contribution is -2.21. The molecule has 0 aliphatic rings. The van der Waals surface area contributed by atoms with Crippen LogP contribution in [0.2, 0.25) is 0 Å². The molecule has 1 aromatic carbocycles. The molecule has 5 nitrogen and oxygen atoms in total. The van der Waals surface area contributed by atoms with E-state index in [4.69, 9.17) is 14.2 Å². The molecular formula is C27H39NO4. The number of rotatable bonds is 13. The molecule has 0 saturated carbocycles. The van der Waals surface area contributed by atoms with Crippen LogP contribution >= 0.6 is 0 Å². The van der Waals surface area contributed by atoms with E-state index in [1.807, 2.05) is 18.2 Å². The standard InChI is InChI=1S/C27H39NO4/c1-7-8-9-10-17-32-26-25(30-6)23-15-14-22(19-24(23)28(5)27(26)29)31-18-16-21(4)13-11-12-20(2)3/h12,14-16,19H,7-11,13,17-18H2,1-6H3/b21-16+. The van der Waals surface area contributed by atoms with Crippen molar-refractivity contribution in [2.24, 2.45) is 7.05 Å². The van der Waals surface area contributed by atoms with Crippen molar-refractivity contribution in [1.82, 2.24) is 4.57 Å². The number of hydrogen-bond acceptors (Lipinski definition) is 4. The summed E-state index contributed by atoms with van der Waals surface area (Å²) in [4.78, 5) is 12.9. The molecule has 0 aliphatic carbocycles. The van der Waals surface area contributed by atoms with Crippen LogP contribution in [-0.4, -0.2) is 24.9 Å². The second-order valence-electron chi connectivity index (χ2n) is 8.50. The first-order valence-corrected chi connectivity index (χ1v) is 11.6. The summed E-state index contributed by atoms with van der Waals surface area (Å²) in [6, 6.07) is 5.72. The molecule has 0 fully saturated rings. The summed E-state index contributed by atoms with van der Waals surface area (Å²) in [5, 5.41) is 0.832. The Labute approximate surface area is 192 Å². The number of pyridine rings is 1. The zero-order valence-electron chi connectivity index (χ0n) is 20.6. The van der Waals surface area contributed by atoms with Gasteiger partial charge in [0.1, 0.15) is 12.4 Å². The lowest BCUT2D eigenvalue weighted by Gasteiger charge is -2.16. The average Bonchev–Trinajstić information content (AvgIpc) is 2.76. The minimum absolute atomic E-state index is 0.197. The second-order valence-corrected chi connectivity index (χ2v) is 8.50. The van der Waals surface area contributed by atoms with Crippen LogP contribution in [0.5, 0.6) is 17.2 Å². The molecule has 1 aromatic heterocycles. The fraction of sp³-hybridized carbons (Fsp3) is 0.519. The van der Waals surface area contributed by atoms with Crippen LogP contribution in [0.4, 0.5) is 0 Å². The molecule has 0 unspecified atom stereocenters. The largest absolute Gasteiger partial charge is 0.492 e. The Hall–Kier alpha value is -2.69. The van der Waals surface area contributed by atoms with Gasteiger partial charge in [0.05, 0.1) is 19.2 Å². The highest BCUT2D eigenvalue weighted by molar-refractivity contribution is 5.89. The Morgan fingerprint density at radius 1 is 1.03 bits per heavy atom. The van der Waals surface area contributed by atoms with Gasteiger partial charge >= 0.3 is 0 Å². The molecule has 0 bridgehead atoms. The van der Waals surface area contributed by atoms with Crippen LogP contribution in [0.3, 0.4) is 0 Å². The number of aryl methyl sites for hydroxylation is 1. The highest BCUT2D eigenvalue weighted by Gasteiger charge is 2.18. The summed E-state index contributed by atoms with van der Waals surface area (Å²) in [5.41, 5.74) is 3.21. The van der Waals surface area contributed by atoms with E-state index < -0.39 is 0 Å². The first-order chi connectivity index (χ1) is 15.4.